The SMILES string of the molecule is CCCCCCc1sc(CCCCCC)c(-c2cc(-c3c(CCCCCC)sc(CCCCCC)c3-c3ccccc3)cc(-c3c(CCCCCC)sc(CCCCCC)c3-c3ccccc3)c2)c1-c1ccccc1. The minimum Gasteiger partial charge on any atom is -0.144 e. The van der Waals surface area contributed by atoms with Gasteiger partial charge in [-0.3, -0.25) is 0 Å². The summed E-state index contributed by atoms with van der Waals surface area (Å²) in [5.41, 5.74) is 17.6. The van der Waals surface area contributed by atoms with Gasteiger partial charge in [0.1, 0.15) is 0 Å². The van der Waals surface area contributed by atoms with Gasteiger partial charge in [0.15, 0.2) is 0 Å². The Kier molecular flexibility index (Phi) is 25.5. The molecule has 0 nitrogen and oxygen atoms in total. The molecule has 3 heterocycles. The lowest BCUT2D eigenvalue weighted by atomic mass is 9.84. The van der Waals surface area contributed by atoms with Crippen molar-refractivity contribution < 1.29 is 0 Å². The van der Waals surface area contributed by atoms with E-state index in [-0.39, 0.29) is 0 Å². The molecule has 7 rings (SSSR count). The normalized spacial score (nSPS) is 11.6. The summed E-state index contributed by atoms with van der Waals surface area (Å²) in [6.07, 6.45) is 37.6. The van der Waals surface area contributed by atoms with Gasteiger partial charge in [-0.15, -0.1) is 34.0 Å². The van der Waals surface area contributed by atoms with Crippen LogP contribution in [-0.2, 0) is 38.5 Å². The lowest BCUT2D eigenvalue weighted by Gasteiger charge is -2.18. The second kappa shape index (κ2) is 32.7. The van der Waals surface area contributed by atoms with Crippen LogP contribution in [0.2, 0.25) is 0 Å². The highest BCUT2D eigenvalue weighted by Crippen LogP contribution is 2.52. The molecular weight excluding hydrogens is 961 g/mol. The maximum atomic E-state index is 2.72. The highest BCUT2D eigenvalue weighted by atomic mass is 32.1. The van der Waals surface area contributed by atoms with Crippen LogP contribution in [0.1, 0.15) is 225 Å². The van der Waals surface area contributed by atoms with E-state index < -0.39 is 0 Å². The highest BCUT2D eigenvalue weighted by molar-refractivity contribution is 7.14. The maximum Gasteiger partial charge on any atom is 0.0133 e. The number of rotatable bonds is 36. The van der Waals surface area contributed by atoms with E-state index in [1.165, 1.54) is 221 Å². The minimum absolute atomic E-state index is 1.14. The van der Waals surface area contributed by atoms with Gasteiger partial charge in [-0.25, -0.2) is 0 Å². The van der Waals surface area contributed by atoms with E-state index in [2.05, 4.69) is 185 Å². The lowest BCUT2D eigenvalue weighted by molar-refractivity contribution is 0.670. The van der Waals surface area contributed by atoms with Gasteiger partial charge < -0.3 is 0 Å². The smallest absolute Gasteiger partial charge is 0.0133 e. The second-order valence-electron chi connectivity index (χ2n) is 21.9. The molecule has 0 atom stereocenters. The van der Waals surface area contributed by atoms with Crippen LogP contribution in [0.4, 0.5) is 0 Å². The Morgan fingerprint density at radius 2 is 0.400 bits per heavy atom. The Balaban J connectivity index is 1.60. The molecule has 0 N–H and O–H groups in total. The molecule has 0 unspecified atom stereocenters. The third-order valence-electron chi connectivity index (χ3n) is 15.7. The van der Waals surface area contributed by atoms with Crippen LogP contribution in [0, 0.1) is 0 Å². The fourth-order valence-corrected chi connectivity index (χ4v) is 15.9. The van der Waals surface area contributed by atoms with Crippen molar-refractivity contribution >= 4 is 34.0 Å². The van der Waals surface area contributed by atoms with Crippen molar-refractivity contribution in [3.05, 3.63) is 138 Å². The van der Waals surface area contributed by atoms with Gasteiger partial charge in [0.25, 0.3) is 0 Å². The van der Waals surface area contributed by atoms with Gasteiger partial charge in [-0.1, -0.05) is 248 Å². The molecule has 0 saturated carbocycles. The number of thiophene rings is 3. The summed E-state index contributed by atoms with van der Waals surface area (Å²) in [5, 5.41) is 0. The van der Waals surface area contributed by atoms with Crippen molar-refractivity contribution in [2.45, 2.75) is 234 Å². The number of hydrogen-bond donors (Lipinski definition) is 0. The first-order chi connectivity index (χ1) is 37.0. The number of aryl methyl sites for hydroxylation is 6. The second-order valence-corrected chi connectivity index (χ2v) is 25.4. The third kappa shape index (κ3) is 16.5. The molecule has 0 aliphatic carbocycles. The molecule has 0 bridgehead atoms. The molecule has 3 heteroatoms. The first kappa shape index (κ1) is 58.7. The van der Waals surface area contributed by atoms with E-state index in [1.54, 1.807) is 29.3 Å². The summed E-state index contributed by atoms with van der Waals surface area (Å²) in [6.45, 7) is 14.1. The Morgan fingerprint density at radius 1 is 0.213 bits per heavy atom. The number of hydrogen-bond acceptors (Lipinski definition) is 3. The van der Waals surface area contributed by atoms with Crippen LogP contribution in [-0.4, -0.2) is 0 Å². The largest absolute Gasteiger partial charge is 0.144 e. The summed E-state index contributed by atoms with van der Waals surface area (Å²) in [5.74, 6) is 0. The Bertz CT molecular complexity index is 2370. The summed E-state index contributed by atoms with van der Waals surface area (Å²) in [4.78, 5) is 9.61. The molecule has 0 aliphatic heterocycles. The molecule has 4 aromatic carbocycles. The van der Waals surface area contributed by atoms with Gasteiger partial charge in [0, 0.05) is 62.6 Å². The summed E-state index contributed by atoms with van der Waals surface area (Å²) < 4.78 is 0. The first-order valence-electron chi connectivity index (χ1n) is 30.8. The van der Waals surface area contributed by atoms with Crippen LogP contribution in [0.25, 0.3) is 66.8 Å². The fourth-order valence-electron chi connectivity index (χ4n) is 11.6. The highest BCUT2D eigenvalue weighted by Gasteiger charge is 2.28. The molecular formula is C72H96S3. The van der Waals surface area contributed by atoms with Crippen LogP contribution in [0.3, 0.4) is 0 Å². The van der Waals surface area contributed by atoms with Crippen molar-refractivity contribution in [3.63, 3.8) is 0 Å². The Morgan fingerprint density at radius 3 is 0.587 bits per heavy atom. The van der Waals surface area contributed by atoms with E-state index >= 15 is 0 Å². The van der Waals surface area contributed by atoms with Crippen molar-refractivity contribution in [3.8, 4) is 66.8 Å². The van der Waals surface area contributed by atoms with Crippen molar-refractivity contribution in [2.75, 3.05) is 0 Å². The molecule has 0 radical (unpaired) electrons. The lowest BCUT2D eigenvalue weighted by Crippen LogP contribution is -1.96. The van der Waals surface area contributed by atoms with E-state index in [4.69, 9.17) is 0 Å². The number of unbranched alkanes of at least 4 members (excludes halogenated alkanes) is 18. The topological polar surface area (TPSA) is 0 Å². The monoisotopic (exact) mass is 1060 g/mol. The van der Waals surface area contributed by atoms with Gasteiger partial charge in [-0.2, -0.15) is 0 Å². The zero-order chi connectivity index (χ0) is 52.5. The van der Waals surface area contributed by atoms with Crippen LogP contribution < -0.4 is 0 Å². The van der Waals surface area contributed by atoms with Crippen LogP contribution >= 0.6 is 34.0 Å². The first-order valence-corrected chi connectivity index (χ1v) is 33.3. The van der Waals surface area contributed by atoms with E-state index in [9.17, 15) is 0 Å². The van der Waals surface area contributed by atoms with Gasteiger partial charge in [0.05, 0.1) is 0 Å². The molecule has 75 heavy (non-hydrogen) atoms. The predicted molar refractivity (Wildman–Crippen MR) is 340 cm³/mol. The van der Waals surface area contributed by atoms with Crippen molar-refractivity contribution in [2.24, 2.45) is 0 Å². The average Bonchev–Trinajstić information content (AvgIpc) is 4.14. The molecule has 402 valence electrons. The zero-order valence-corrected chi connectivity index (χ0v) is 50.3. The quantitative estimate of drug-likeness (QED) is 0.0344. The standard InChI is InChI=1S/C72H96S3/c1-7-13-19-34-46-61-67(55-40-28-25-29-41-55)70(64(73-61)49-37-22-16-10-4)58-52-59(71-65(50-38-23-17-11-5)74-62(47-35-20-14-8-2)68(71)56-42-30-26-31-43-56)54-60(53-58)72-66(51-39-24-18-12-6)75-63(48-36-21-15-9-3)69(72)57-44-32-27-33-45-57/h25-33,40-45,52-54H,7-24,34-39,46-51H2,1-6H3. The maximum absolute atomic E-state index is 2.72. The van der Waals surface area contributed by atoms with Crippen LogP contribution in [0.5, 0.6) is 0 Å². The van der Waals surface area contributed by atoms with E-state index in [1.807, 2.05) is 0 Å². The molecule has 0 amide bonds. The van der Waals surface area contributed by atoms with Gasteiger partial charge in [-0.05, 0) is 129 Å². The predicted octanol–water partition coefficient (Wildman–Crippen LogP) is 24.6. The average molecular weight is 1060 g/mol. The summed E-state index contributed by atoms with van der Waals surface area (Å²) >= 11 is 6.51. The third-order valence-corrected chi connectivity index (χ3v) is 19.6. The van der Waals surface area contributed by atoms with Crippen LogP contribution in [0.15, 0.2) is 109 Å². The van der Waals surface area contributed by atoms with Crippen molar-refractivity contribution in [1.29, 1.82) is 0 Å². The van der Waals surface area contributed by atoms with E-state index in [0.717, 1.165) is 38.5 Å². The molecule has 0 spiro atoms. The Labute approximate surface area is 470 Å². The minimum atomic E-state index is 1.14. The summed E-state index contributed by atoms with van der Waals surface area (Å²) in [6, 6.07) is 43.1. The molecule has 0 saturated heterocycles. The zero-order valence-electron chi connectivity index (χ0n) is 47.8. The Hall–Kier alpha value is -4.02. The number of benzene rings is 4. The van der Waals surface area contributed by atoms with Gasteiger partial charge >= 0.3 is 0 Å². The molecule has 0 fully saturated rings. The van der Waals surface area contributed by atoms with Crippen molar-refractivity contribution in [1.82, 2.24) is 0 Å². The molecule has 3 aromatic heterocycles. The molecule has 7 aromatic rings. The van der Waals surface area contributed by atoms with E-state index in [0.29, 0.717) is 0 Å². The van der Waals surface area contributed by atoms with Gasteiger partial charge in [0.2, 0.25) is 0 Å². The molecule has 0 aliphatic rings. The fraction of sp³-hybridized carbons (Fsp3) is 0.500. The summed E-state index contributed by atoms with van der Waals surface area (Å²) in [7, 11) is 0.